The summed E-state index contributed by atoms with van der Waals surface area (Å²) in [5.41, 5.74) is 2.17. The maximum Gasteiger partial charge on any atom is 0.246 e. The Labute approximate surface area is 167 Å². The van der Waals surface area contributed by atoms with Crippen molar-refractivity contribution in [3.05, 3.63) is 54.6 Å². The lowest BCUT2D eigenvalue weighted by molar-refractivity contribution is 0.397. The molecule has 0 spiro atoms. The summed E-state index contributed by atoms with van der Waals surface area (Å²) in [6, 6.07) is 18.2. The van der Waals surface area contributed by atoms with Crippen molar-refractivity contribution >= 4 is 31.5 Å². The third-order valence-electron chi connectivity index (χ3n) is 4.77. The summed E-state index contributed by atoms with van der Waals surface area (Å²) in [7, 11) is 6.69. The average molecular weight is 393 g/mol. The number of hydrogen-bond donors (Lipinski definition) is 0. The molecule has 4 rings (SSSR count). The zero-order chi connectivity index (χ0) is 19.7. The van der Waals surface area contributed by atoms with Gasteiger partial charge in [-0.25, -0.2) is 0 Å². The van der Waals surface area contributed by atoms with Crippen LogP contribution in [0.4, 0.5) is 0 Å². The number of hydrogen-bond acceptors (Lipinski definition) is 4. The van der Waals surface area contributed by atoms with Crippen LogP contribution in [0.1, 0.15) is 0 Å². The summed E-state index contributed by atoms with van der Waals surface area (Å²) >= 11 is 1.66. The fourth-order valence-corrected chi connectivity index (χ4v) is 4.68. The summed E-state index contributed by atoms with van der Waals surface area (Å²) < 4.78 is 24.6. The standard InChI is InChI=1S/C23H21O4S/c1-24-15-10-17(26-3)22-19(12-15)28-20-13-16(25-2)11-18(27-4)23(20)21(22)14-8-6-5-7-9-14/h5-13H,1-4H3/q+1. The number of fused-ring (bicyclic) bond motifs is 2. The van der Waals surface area contributed by atoms with Crippen LogP contribution in [0.3, 0.4) is 0 Å². The molecule has 0 radical (unpaired) electrons. The molecule has 0 fully saturated rings. The number of rotatable bonds is 5. The van der Waals surface area contributed by atoms with E-state index in [1.807, 2.05) is 42.5 Å². The van der Waals surface area contributed by atoms with Gasteiger partial charge in [0.1, 0.15) is 23.0 Å². The first-order valence-corrected chi connectivity index (χ1v) is 9.64. The predicted octanol–water partition coefficient (Wildman–Crippen LogP) is 6.04. The van der Waals surface area contributed by atoms with Gasteiger partial charge in [-0.1, -0.05) is 30.3 Å². The molecule has 0 amide bonds. The zero-order valence-corrected chi connectivity index (χ0v) is 17.1. The molecule has 0 saturated carbocycles. The molecule has 0 aliphatic carbocycles. The van der Waals surface area contributed by atoms with Crippen molar-refractivity contribution in [1.82, 2.24) is 0 Å². The van der Waals surface area contributed by atoms with Gasteiger partial charge < -0.3 is 18.9 Å². The first-order chi connectivity index (χ1) is 13.7. The Morgan fingerprint density at radius 2 is 1.11 bits per heavy atom. The first-order valence-electron chi connectivity index (χ1n) is 8.83. The van der Waals surface area contributed by atoms with Gasteiger partial charge in [-0.3, -0.25) is 0 Å². The SMILES string of the molecule is COc1cc(OC)c2c(-c3ccccc3)c3c(OC)cc(OC)cc3[s+]c2c1. The molecule has 0 bridgehead atoms. The highest BCUT2D eigenvalue weighted by molar-refractivity contribution is 7.25. The van der Waals surface area contributed by atoms with Crippen molar-refractivity contribution in [3.63, 3.8) is 0 Å². The average Bonchev–Trinajstić information content (AvgIpc) is 2.76. The van der Waals surface area contributed by atoms with E-state index in [0.29, 0.717) is 0 Å². The maximum absolute atomic E-state index is 5.76. The van der Waals surface area contributed by atoms with Gasteiger partial charge in [0.15, 0.2) is 0 Å². The van der Waals surface area contributed by atoms with Crippen LogP contribution in [0, 0.1) is 0 Å². The van der Waals surface area contributed by atoms with Gasteiger partial charge in [0, 0.05) is 29.8 Å². The summed E-state index contributed by atoms with van der Waals surface area (Å²) in [5.74, 6) is 3.05. The van der Waals surface area contributed by atoms with Crippen LogP contribution in [0.25, 0.3) is 31.3 Å². The van der Waals surface area contributed by atoms with Crippen LogP contribution < -0.4 is 18.9 Å². The summed E-state index contributed by atoms with van der Waals surface area (Å²) in [6.07, 6.45) is 0. The Morgan fingerprint density at radius 1 is 0.607 bits per heavy atom. The Balaban J connectivity index is 2.26. The van der Waals surface area contributed by atoms with Crippen LogP contribution in [-0.4, -0.2) is 28.4 Å². The minimum Gasteiger partial charge on any atom is -0.496 e. The highest BCUT2D eigenvalue weighted by Crippen LogP contribution is 2.48. The molecule has 1 heterocycles. The Kier molecular flexibility index (Phi) is 4.92. The van der Waals surface area contributed by atoms with E-state index >= 15 is 0 Å². The van der Waals surface area contributed by atoms with Crippen LogP contribution >= 0.6 is 11.3 Å². The minimum atomic E-state index is 0.758. The number of ether oxygens (including phenoxy) is 4. The second-order valence-corrected chi connectivity index (χ2v) is 7.33. The molecule has 28 heavy (non-hydrogen) atoms. The van der Waals surface area contributed by atoms with Crippen molar-refractivity contribution in [1.29, 1.82) is 0 Å². The maximum atomic E-state index is 5.76. The van der Waals surface area contributed by atoms with Crippen LogP contribution in [-0.2, 0) is 0 Å². The number of methoxy groups -OCH3 is 4. The van der Waals surface area contributed by atoms with E-state index in [2.05, 4.69) is 12.1 Å². The van der Waals surface area contributed by atoms with Gasteiger partial charge in [-0.05, 0) is 5.56 Å². The highest BCUT2D eigenvalue weighted by atomic mass is 32.1. The molecule has 1 aromatic heterocycles. The van der Waals surface area contributed by atoms with Crippen LogP contribution in [0.15, 0.2) is 54.6 Å². The van der Waals surface area contributed by atoms with Crippen molar-refractivity contribution in [3.8, 4) is 34.1 Å². The number of benzene rings is 3. The quantitative estimate of drug-likeness (QED) is 0.306. The zero-order valence-electron chi connectivity index (χ0n) is 16.2. The summed E-state index contributed by atoms with van der Waals surface area (Å²) in [4.78, 5) is 0. The van der Waals surface area contributed by atoms with Crippen molar-refractivity contribution in [2.24, 2.45) is 0 Å². The molecule has 4 nitrogen and oxygen atoms in total. The van der Waals surface area contributed by atoms with Crippen molar-refractivity contribution in [2.75, 3.05) is 28.4 Å². The topological polar surface area (TPSA) is 36.9 Å². The van der Waals surface area contributed by atoms with E-state index in [0.717, 1.165) is 54.3 Å². The molecule has 142 valence electrons. The second kappa shape index (κ2) is 7.52. The lowest BCUT2D eigenvalue weighted by Crippen LogP contribution is -1.94. The normalized spacial score (nSPS) is 10.9. The second-order valence-electron chi connectivity index (χ2n) is 6.25. The Bertz CT molecular complexity index is 1090. The summed E-state index contributed by atoms with van der Waals surface area (Å²) in [6.45, 7) is 0. The van der Waals surface area contributed by atoms with Gasteiger partial charge in [-0.2, -0.15) is 0 Å². The Hall–Kier alpha value is -3.05. The molecule has 5 heteroatoms. The third kappa shape index (κ3) is 2.98. The fourth-order valence-electron chi connectivity index (χ4n) is 3.48. The van der Waals surface area contributed by atoms with E-state index in [-0.39, 0.29) is 0 Å². The molecule has 0 unspecified atom stereocenters. The van der Waals surface area contributed by atoms with Gasteiger partial charge in [0.2, 0.25) is 20.7 Å². The lowest BCUT2D eigenvalue weighted by atomic mass is 9.97. The van der Waals surface area contributed by atoms with E-state index in [1.165, 1.54) is 0 Å². The van der Waals surface area contributed by atoms with E-state index in [1.54, 1.807) is 39.8 Å². The molecule has 0 aliphatic heterocycles. The molecule has 0 N–H and O–H groups in total. The van der Waals surface area contributed by atoms with E-state index in [4.69, 9.17) is 18.9 Å². The van der Waals surface area contributed by atoms with Crippen LogP contribution in [0.2, 0.25) is 0 Å². The minimum absolute atomic E-state index is 0.758. The smallest absolute Gasteiger partial charge is 0.246 e. The molecule has 0 aliphatic rings. The largest absolute Gasteiger partial charge is 0.496 e. The molecule has 0 saturated heterocycles. The van der Waals surface area contributed by atoms with Gasteiger partial charge in [0.25, 0.3) is 0 Å². The predicted molar refractivity (Wildman–Crippen MR) is 115 cm³/mol. The van der Waals surface area contributed by atoms with Gasteiger partial charge in [-0.15, -0.1) is 0 Å². The molecule has 3 aromatic carbocycles. The fraction of sp³-hybridized carbons (Fsp3) is 0.174. The summed E-state index contributed by atoms with van der Waals surface area (Å²) in [5, 5.41) is 2.07. The molecular formula is C23H21O4S+. The van der Waals surface area contributed by atoms with E-state index < -0.39 is 0 Å². The van der Waals surface area contributed by atoms with Crippen molar-refractivity contribution in [2.45, 2.75) is 0 Å². The Morgan fingerprint density at radius 3 is 1.54 bits per heavy atom. The first kappa shape index (κ1) is 18.3. The highest BCUT2D eigenvalue weighted by Gasteiger charge is 2.26. The van der Waals surface area contributed by atoms with Gasteiger partial charge >= 0.3 is 0 Å². The lowest BCUT2D eigenvalue weighted by Gasteiger charge is -2.14. The molecular weight excluding hydrogens is 372 g/mol. The molecule has 0 atom stereocenters. The van der Waals surface area contributed by atoms with Gasteiger partial charge in [0.05, 0.1) is 39.2 Å². The van der Waals surface area contributed by atoms with E-state index in [9.17, 15) is 0 Å². The van der Waals surface area contributed by atoms with Crippen molar-refractivity contribution < 1.29 is 18.9 Å². The third-order valence-corrected chi connectivity index (χ3v) is 5.86. The van der Waals surface area contributed by atoms with Crippen LogP contribution in [0.5, 0.6) is 23.0 Å². The molecule has 4 aromatic rings. The monoisotopic (exact) mass is 393 g/mol.